The summed E-state index contributed by atoms with van der Waals surface area (Å²) in [6.45, 7) is 10.1. The quantitative estimate of drug-likeness (QED) is 0.895. The van der Waals surface area contributed by atoms with Crippen molar-refractivity contribution in [2.24, 2.45) is 5.92 Å². The van der Waals surface area contributed by atoms with Crippen molar-refractivity contribution in [1.29, 1.82) is 0 Å². The van der Waals surface area contributed by atoms with Crippen molar-refractivity contribution in [2.75, 3.05) is 26.7 Å². The molecule has 1 saturated heterocycles. The molecule has 0 aromatic heterocycles. The number of nitrogens with one attached hydrogen (secondary N) is 1. The van der Waals surface area contributed by atoms with Crippen LogP contribution in [-0.4, -0.2) is 42.1 Å². The summed E-state index contributed by atoms with van der Waals surface area (Å²) < 4.78 is 14.0. The molecule has 0 bridgehead atoms. The Morgan fingerprint density at radius 2 is 1.90 bits per heavy atom. The minimum absolute atomic E-state index is 0.0615. The highest BCUT2D eigenvalue weighted by Crippen LogP contribution is 2.28. The van der Waals surface area contributed by atoms with Gasteiger partial charge in [-0.05, 0) is 19.0 Å². The summed E-state index contributed by atoms with van der Waals surface area (Å²) in [6, 6.07) is 7.17. The van der Waals surface area contributed by atoms with E-state index in [9.17, 15) is 4.39 Å². The van der Waals surface area contributed by atoms with Crippen LogP contribution in [0, 0.1) is 11.7 Å². The molecular formula is C17H27FN2S. The Hall–Kier alpha value is -0.580. The molecule has 2 rings (SSSR count). The van der Waals surface area contributed by atoms with Gasteiger partial charge in [-0.15, -0.1) is 0 Å². The van der Waals surface area contributed by atoms with Crippen molar-refractivity contribution in [1.82, 2.24) is 10.2 Å². The first-order valence-electron chi connectivity index (χ1n) is 7.80. The molecule has 1 aromatic carbocycles. The third-order valence-corrected chi connectivity index (χ3v) is 5.39. The fraction of sp³-hybridized carbons (Fsp3) is 0.647. The first-order valence-corrected chi connectivity index (χ1v) is 8.75. The number of benzene rings is 1. The molecule has 1 aliphatic rings. The molecule has 4 atom stereocenters. The standard InChI is InChI=1S/C17H27FN2S/c1-12(9-20-10-13(2)21-14(3)11-20)17(19-4)15-7-5-6-8-16(15)18/h5-8,12-14,17,19H,9-11H2,1-4H3. The third kappa shape index (κ3) is 4.44. The summed E-state index contributed by atoms with van der Waals surface area (Å²) in [5, 5.41) is 4.66. The Labute approximate surface area is 132 Å². The van der Waals surface area contributed by atoms with Crippen LogP contribution in [0.25, 0.3) is 0 Å². The van der Waals surface area contributed by atoms with Crippen LogP contribution in [-0.2, 0) is 0 Å². The Morgan fingerprint density at radius 1 is 1.29 bits per heavy atom. The van der Waals surface area contributed by atoms with Gasteiger partial charge in [0.1, 0.15) is 5.82 Å². The molecular weight excluding hydrogens is 283 g/mol. The fourth-order valence-corrected chi connectivity index (χ4v) is 4.81. The maximum absolute atomic E-state index is 14.0. The van der Waals surface area contributed by atoms with E-state index >= 15 is 0 Å². The molecule has 1 fully saturated rings. The van der Waals surface area contributed by atoms with E-state index in [-0.39, 0.29) is 11.9 Å². The molecule has 0 spiro atoms. The SMILES string of the molecule is CNC(c1ccccc1F)C(C)CN1CC(C)SC(C)C1. The van der Waals surface area contributed by atoms with E-state index in [2.05, 4.69) is 42.7 Å². The second-order valence-corrected chi connectivity index (χ2v) is 8.12. The van der Waals surface area contributed by atoms with Crippen LogP contribution in [0.4, 0.5) is 4.39 Å². The van der Waals surface area contributed by atoms with E-state index in [4.69, 9.17) is 0 Å². The molecule has 1 aliphatic heterocycles. The number of rotatable bonds is 5. The Morgan fingerprint density at radius 3 is 2.48 bits per heavy atom. The summed E-state index contributed by atoms with van der Waals surface area (Å²) >= 11 is 2.07. The average molecular weight is 310 g/mol. The largest absolute Gasteiger partial charge is 0.313 e. The van der Waals surface area contributed by atoms with Crippen LogP contribution in [0.1, 0.15) is 32.4 Å². The minimum atomic E-state index is -0.111. The lowest BCUT2D eigenvalue weighted by Crippen LogP contribution is -2.44. The van der Waals surface area contributed by atoms with Gasteiger partial charge in [0.2, 0.25) is 0 Å². The van der Waals surface area contributed by atoms with E-state index < -0.39 is 0 Å². The van der Waals surface area contributed by atoms with E-state index in [0.29, 0.717) is 16.4 Å². The molecule has 0 amide bonds. The molecule has 0 saturated carbocycles. The van der Waals surface area contributed by atoms with Crippen LogP contribution in [0.15, 0.2) is 24.3 Å². The smallest absolute Gasteiger partial charge is 0.127 e. The molecule has 21 heavy (non-hydrogen) atoms. The van der Waals surface area contributed by atoms with Crippen LogP contribution >= 0.6 is 11.8 Å². The van der Waals surface area contributed by atoms with Gasteiger partial charge >= 0.3 is 0 Å². The molecule has 2 nitrogen and oxygen atoms in total. The van der Waals surface area contributed by atoms with Crippen molar-refractivity contribution in [3.63, 3.8) is 0 Å². The van der Waals surface area contributed by atoms with Crippen molar-refractivity contribution >= 4 is 11.8 Å². The number of thioether (sulfide) groups is 1. The van der Waals surface area contributed by atoms with Gasteiger partial charge in [0.25, 0.3) is 0 Å². The first kappa shape index (κ1) is 16.8. The zero-order valence-electron chi connectivity index (χ0n) is 13.5. The molecule has 4 heteroatoms. The summed E-state index contributed by atoms with van der Waals surface area (Å²) in [7, 11) is 1.92. The Balaban J connectivity index is 2.03. The summed E-state index contributed by atoms with van der Waals surface area (Å²) in [5.41, 5.74) is 0.778. The zero-order valence-corrected chi connectivity index (χ0v) is 14.3. The second-order valence-electron chi connectivity index (χ2n) is 6.24. The molecule has 1 heterocycles. The monoisotopic (exact) mass is 310 g/mol. The maximum Gasteiger partial charge on any atom is 0.127 e. The minimum Gasteiger partial charge on any atom is -0.313 e. The van der Waals surface area contributed by atoms with Crippen molar-refractivity contribution in [2.45, 2.75) is 37.3 Å². The van der Waals surface area contributed by atoms with Crippen molar-refractivity contribution in [3.05, 3.63) is 35.6 Å². The molecule has 0 aliphatic carbocycles. The highest BCUT2D eigenvalue weighted by Gasteiger charge is 2.27. The van der Waals surface area contributed by atoms with Crippen molar-refractivity contribution < 1.29 is 4.39 Å². The van der Waals surface area contributed by atoms with Gasteiger partial charge in [0.05, 0.1) is 0 Å². The topological polar surface area (TPSA) is 15.3 Å². The molecule has 4 unspecified atom stereocenters. The van der Waals surface area contributed by atoms with E-state index in [0.717, 1.165) is 25.2 Å². The van der Waals surface area contributed by atoms with Gasteiger partial charge in [-0.2, -0.15) is 11.8 Å². The first-order chi connectivity index (χ1) is 10.0. The molecule has 1 N–H and O–H groups in total. The van der Waals surface area contributed by atoms with Gasteiger partial charge < -0.3 is 10.2 Å². The summed E-state index contributed by atoms with van der Waals surface area (Å²) in [5.74, 6) is 0.258. The number of nitrogens with zero attached hydrogens (tertiary/aromatic N) is 1. The second kappa shape index (κ2) is 7.61. The lowest BCUT2D eigenvalue weighted by molar-refractivity contribution is 0.210. The number of halogens is 1. The third-order valence-electron chi connectivity index (χ3n) is 4.16. The van der Waals surface area contributed by atoms with Crippen LogP contribution in [0.2, 0.25) is 0 Å². The van der Waals surface area contributed by atoms with E-state index in [1.165, 1.54) is 0 Å². The lowest BCUT2D eigenvalue weighted by Gasteiger charge is -2.37. The zero-order chi connectivity index (χ0) is 15.4. The fourth-order valence-electron chi connectivity index (χ4n) is 3.42. The molecule has 0 radical (unpaired) electrons. The van der Waals surface area contributed by atoms with Crippen LogP contribution < -0.4 is 5.32 Å². The number of hydrogen-bond acceptors (Lipinski definition) is 3. The van der Waals surface area contributed by atoms with Crippen LogP contribution in [0.3, 0.4) is 0 Å². The Kier molecular flexibility index (Phi) is 6.08. The van der Waals surface area contributed by atoms with Crippen molar-refractivity contribution in [3.8, 4) is 0 Å². The highest BCUT2D eigenvalue weighted by molar-refractivity contribution is 8.00. The van der Waals surface area contributed by atoms with E-state index in [1.807, 2.05) is 19.2 Å². The van der Waals surface area contributed by atoms with Gasteiger partial charge in [-0.25, -0.2) is 4.39 Å². The normalized spacial score (nSPS) is 26.5. The van der Waals surface area contributed by atoms with Gasteiger partial charge in [-0.3, -0.25) is 0 Å². The van der Waals surface area contributed by atoms with Gasteiger partial charge in [0.15, 0.2) is 0 Å². The lowest BCUT2D eigenvalue weighted by atomic mass is 9.93. The highest BCUT2D eigenvalue weighted by atomic mass is 32.2. The molecule has 118 valence electrons. The predicted octanol–water partition coefficient (Wildman–Crippen LogP) is 3.55. The maximum atomic E-state index is 14.0. The predicted molar refractivity (Wildman–Crippen MR) is 90.3 cm³/mol. The van der Waals surface area contributed by atoms with E-state index in [1.54, 1.807) is 12.1 Å². The average Bonchev–Trinajstić information content (AvgIpc) is 2.40. The van der Waals surface area contributed by atoms with Crippen LogP contribution in [0.5, 0.6) is 0 Å². The Bertz CT molecular complexity index is 444. The summed E-state index contributed by atoms with van der Waals surface area (Å²) in [4.78, 5) is 2.53. The number of hydrogen-bond donors (Lipinski definition) is 1. The van der Waals surface area contributed by atoms with Gasteiger partial charge in [0, 0.05) is 41.7 Å². The van der Waals surface area contributed by atoms with Gasteiger partial charge in [-0.1, -0.05) is 39.0 Å². The summed E-state index contributed by atoms with van der Waals surface area (Å²) in [6.07, 6.45) is 0. The molecule has 1 aromatic rings.